The molecule has 8 N–H and O–H groups in total. The lowest BCUT2D eigenvalue weighted by Crippen LogP contribution is -2.32. The number of rotatable bonds is 12. The van der Waals surface area contributed by atoms with Crippen LogP contribution >= 0.6 is 0 Å². The Hall–Kier alpha value is -0.320. The quantitative estimate of drug-likeness (QED) is 0.217. The molecule has 0 bridgehead atoms. The van der Waals surface area contributed by atoms with Crippen LogP contribution in [0.4, 0.5) is 0 Å². The first-order valence-corrected chi connectivity index (χ1v) is 9.24. The van der Waals surface area contributed by atoms with Crippen LogP contribution in [0.15, 0.2) is 0 Å². The number of hydrogen-bond acceptors (Lipinski definition) is 8. The number of aliphatic hydroxyl groups excluding tert-OH is 8. The molecule has 0 saturated heterocycles. The van der Waals surface area contributed by atoms with Crippen molar-refractivity contribution >= 4 is 0 Å². The van der Waals surface area contributed by atoms with Crippen molar-refractivity contribution in [1.29, 1.82) is 0 Å². The molecule has 8 heteroatoms. The molecule has 8 nitrogen and oxygen atoms in total. The van der Waals surface area contributed by atoms with Gasteiger partial charge in [0.2, 0.25) is 0 Å². The van der Waals surface area contributed by atoms with Gasteiger partial charge < -0.3 is 40.9 Å². The van der Waals surface area contributed by atoms with Crippen molar-refractivity contribution in [2.45, 2.75) is 59.0 Å². The summed E-state index contributed by atoms with van der Waals surface area (Å²) in [6, 6.07) is 0. The van der Waals surface area contributed by atoms with E-state index in [0.29, 0.717) is 12.8 Å². The predicted octanol–water partition coefficient (Wildman–Crippen LogP) is -0.751. The summed E-state index contributed by atoms with van der Waals surface area (Å²) >= 11 is 0. The Morgan fingerprint density at radius 1 is 0.615 bits per heavy atom. The lowest BCUT2D eigenvalue weighted by Gasteiger charge is -2.24. The Labute approximate surface area is 157 Å². The van der Waals surface area contributed by atoms with Crippen LogP contribution in [0, 0.1) is 10.8 Å². The maximum Gasteiger partial charge on any atom is 0.0770 e. The molecule has 0 aliphatic heterocycles. The van der Waals surface area contributed by atoms with Crippen LogP contribution in [0.1, 0.15) is 52.9 Å². The van der Waals surface area contributed by atoms with Gasteiger partial charge in [0.25, 0.3) is 0 Å². The second kappa shape index (κ2) is 19.4. The Bertz CT molecular complexity index is 213. The van der Waals surface area contributed by atoms with Gasteiger partial charge in [0.1, 0.15) is 0 Å². The largest absolute Gasteiger partial charge is 0.396 e. The van der Waals surface area contributed by atoms with Crippen LogP contribution < -0.4 is 0 Å². The third kappa shape index (κ3) is 13.8. The fourth-order valence-electron chi connectivity index (χ4n) is 1.50. The van der Waals surface area contributed by atoms with E-state index in [-0.39, 0.29) is 46.2 Å². The van der Waals surface area contributed by atoms with Gasteiger partial charge in [-0.05, 0) is 19.3 Å². The number of aliphatic hydroxyl groups is 8. The molecule has 0 spiro atoms. The maximum atomic E-state index is 8.74. The van der Waals surface area contributed by atoms with Crippen molar-refractivity contribution in [1.82, 2.24) is 0 Å². The van der Waals surface area contributed by atoms with Crippen molar-refractivity contribution in [2.75, 3.05) is 46.2 Å². The molecule has 0 heterocycles. The minimum absolute atomic E-state index is 0.0972. The minimum atomic E-state index is -0.667. The zero-order valence-corrected chi connectivity index (χ0v) is 16.6. The van der Waals surface area contributed by atoms with Gasteiger partial charge in [-0.25, -0.2) is 0 Å². The topological polar surface area (TPSA) is 162 Å². The molecule has 0 aliphatic carbocycles. The highest BCUT2D eigenvalue weighted by Gasteiger charge is 2.25. The fraction of sp³-hybridized carbons (Fsp3) is 1.00. The Morgan fingerprint density at radius 3 is 1.04 bits per heavy atom. The lowest BCUT2D eigenvalue weighted by molar-refractivity contribution is 0.00275. The summed E-state index contributed by atoms with van der Waals surface area (Å²) in [5.74, 6) is 0. The van der Waals surface area contributed by atoms with E-state index >= 15 is 0 Å². The summed E-state index contributed by atoms with van der Waals surface area (Å²) < 4.78 is 0. The number of unbranched alkanes of at least 4 members (excludes halogenated alkanes) is 1. The standard InChI is InChI=1S/2C6H14O3.C6H14O2/c2*1-2-6(3-7,4-8)5-9;1-2-3-4-6(8)5-7/h2*7-9H,2-5H2,1H3;6-8H,2-5H2,1H3. The van der Waals surface area contributed by atoms with Crippen molar-refractivity contribution in [3.05, 3.63) is 0 Å². The molecule has 1 unspecified atom stereocenters. The third-order valence-corrected chi connectivity index (χ3v) is 4.61. The molecular weight excluding hydrogens is 344 g/mol. The molecular formula is C18H42O8. The summed E-state index contributed by atoms with van der Waals surface area (Å²) in [5, 5.41) is 69.0. The van der Waals surface area contributed by atoms with Crippen molar-refractivity contribution in [2.24, 2.45) is 10.8 Å². The molecule has 162 valence electrons. The van der Waals surface area contributed by atoms with Gasteiger partial charge >= 0.3 is 0 Å². The van der Waals surface area contributed by atoms with Crippen LogP contribution in [0.2, 0.25) is 0 Å². The molecule has 0 saturated carbocycles. The first-order chi connectivity index (χ1) is 12.3. The molecule has 0 rings (SSSR count). The van der Waals surface area contributed by atoms with E-state index in [9.17, 15) is 0 Å². The molecule has 26 heavy (non-hydrogen) atoms. The van der Waals surface area contributed by atoms with E-state index < -0.39 is 16.9 Å². The first kappa shape index (κ1) is 30.4. The third-order valence-electron chi connectivity index (χ3n) is 4.61. The minimum Gasteiger partial charge on any atom is -0.396 e. The maximum absolute atomic E-state index is 8.74. The van der Waals surface area contributed by atoms with Gasteiger partial charge in [-0.1, -0.05) is 33.6 Å². The van der Waals surface area contributed by atoms with E-state index in [1.54, 1.807) is 0 Å². The Kier molecular flexibility index (Phi) is 22.7. The van der Waals surface area contributed by atoms with E-state index in [0.717, 1.165) is 19.3 Å². The van der Waals surface area contributed by atoms with Crippen LogP contribution in [-0.2, 0) is 0 Å². The summed E-state index contributed by atoms with van der Waals surface area (Å²) in [6.07, 6.45) is 3.51. The van der Waals surface area contributed by atoms with Gasteiger partial charge in [-0.15, -0.1) is 0 Å². The molecule has 0 aromatic rings. The van der Waals surface area contributed by atoms with Gasteiger partial charge in [0, 0.05) is 10.8 Å². The normalized spacial score (nSPS) is 12.6. The van der Waals surface area contributed by atoms with Crippen LogP contribution in [0.3, 0.4) is 0 Å². The van der Waals surface area contributed by atoms with Gasteiger partial charge in [0.05, 0.1) is 52.4 Å². The van der Waals surface area contributed by atoms with Crippen molar-refractivity contribution in [3.63, 3.8) is 0 Å². The van der Waals surface area contributed by atoms with E-state index in [2.05, 4.69) is 6.92 Å². The molecule has 1 atom stereocenters. The van der Waals surface area contributed by atoms with Gasteiger partial charge in [-0.2, -0.15) is 0 Å². The monoisotopic (exact) mass is 386 g/mol. The molecule has 0 aromatic carbocycles. The highest BCUT2D eigenvalue weighted by atomic mass is 16.3. The Balaban J connectivity index is -0.000000306. The average Bonchev–Trinajstić information content (AvgIpc) is 2.71. The van der Waals surface area contributed by atoms with E-state index in [4.69, 9.17) is 40.9 Å². The highest BCUT2D eigenvalue weighted by Crippen LogP contribution is 2.18. The predicted molar refractivity (Wildman–Crippen MR) is 101 cm³/mol. The summed E-state index contributed by atoms with van der Waals surface area (Å²) in [5.41, 5.74) is -1.33. The summed E-state index contributed by atoms with van der Waals surface area (Å²) in [4.78, 5) is 0. The SMILES string of the molecule is CCC(CO)(CO)CO.CCC(CO)(CO)CO.CCCCC(O)CO. The van der Waals surface area contributed by atoms with E-state index in [1.165, 1.54) is 0 Å². The molecule has 0 aromatic heterocycles. The molecule has 0 amide bonds. The zero-order chi connectivity index (χ0) is 21.1. The lowest BCUT2D eigenvalue weighted by atomic mass is 9.88. The highest BCUT2D eigenvalue weighted by molar-refractivity contribution is 4.74. The molecule has 0 fully saturated rings. The first-order valence-electron chi connectivity index (χ1n) is 9.24. The summed E-state index contributed by atoms with van der Waals surface area (Å²) in [6.45, 7) is 4.67. The average molecular weight is 387 g/mol. The summed E-state index contributed by atoms with van der Waals surface area (Å²) in [7, 11) is 0. The van der Waals surface area contributed by atoms with Crippen molar-refractivity contribution < 1.29 is 40.9 Å². The Morgan fingerprint density at radius 2 is 0.923 bits per heavy atom. The van der Waals surface area contributed by atoms with Crippen molar-refractivity contribution in [3.8, 4) is 0 Å². The van der Waals surface area contributed by atoms with Gasteiger partial charge in [0.15, 0.2) is 0 Å². The second-order valence-corrected chi connectivity index (χ2v) is 6.63. The van der Waals surface area contributed by atoms with E-state index in [1.807, 2.05) is 13.8 Å². The second-order valence-electron chi connectivity index (χ2n) is 6.63. The van der Waals surface area contributed by atoms with Gasteiger partial charge in [-0.3, -0.25) is 0 Å². The number of hydrogen-bond donors (Lipinski definition) is 8. The molecule has 0 radical (unpaired) electrons. The smallest absolute Gasteiger partial charge is 0.0770 e. The van der Waals surface area contributed by atoms with Crippen LogP contribution in [0.5, 0.6) is 0 Å². The zero-order valence-electron chi connectivity index (χ0n) is 16.6. The fourth-order valence-corrected chi connectivity index (χ4v) is 1.50. The van der Waals surface area contributed by atoms with Crippen LogP contribution in [-0.4, -0.2) is 93.2 Å². The molecule has 0 aliphatic rings. The van der Waals surface area contributed by atoms with Crippen LogP contribution in [0.25, 0.3) is 0 Å².